The zero-order chi connectivity index (χ0) is 12.0. The first-order valence-electron chi connectivity index (χ1n) is 4.67. The number of nitrogens with one attached hydrogen (secondary N) is 1. The van der Waals surface area contributed by atoms with Gasteiger partial charge in [0.2, 0.25) is 0 Å². The second-order valence-corrected chi connectivity index (χ2v) is 2.82. The Labute approximate surface area is 91.2 Å². The third kappa shape index (κ3) is 3.56. The molecule has 0 aromatic carbocycles. The fourth-order valence-electron chi connectivity index (χ4n) is 0.960. The van der Waals surface area contributed by atoms with Gasteiger partial charge in [0.05, 0.1) is 19.3 Å². The van der Waals surface area contributed by atoms with Crippen molar-refractivity contribution in [2.24, 2.45) is 0 Å². The topological polar surface area (TPSA) is 106 Å². The number of carboxylic acids is 1. The van der Waals surface area contributed by atoms with Crippen molar-refractivity contribution >= 4 is 12.1 Å². The number of alkyl carbamates (subject to hydrolysis) is 1. The van der Waals surface area contributed by atoms with Crippen LogP contribution in [0.5, 0.6) is 0 Å². The van der Waals surface area contributed by atoms with E-state index in [1.807, 2.05) is 0 Å². The van der Waals surface area contributed by atoms with Crippen molar-refractivity contribution in [3.05, 3.63) is 11.9 Å². The molecule has 0 fully saturated rings. The Bertz CT molecular complexity index is 376. The van der Waals surface area contributed by atoms with Crippen molar-refractivity contribution in [3.8, 4) is 0 Å². The minimum Gasteiger partial charge on any atom is -0.476 e. The maximum Gasteiger partial charge on any atom is 0.407 e. The monoisotopic (exact) mass is 228 g/mol. The van der Waals surface area contributed by atoms with E-state index in [0.717, 1.165) is 0 Å². The van der Waals surface area contributed by atoms with E-state index < -0.39 is 12.1 Å². The molecule has 0 aliphatic heterocycles. The van der Waals surface area contributed by atoms with E-state index in [4.69, 9.17) is 5.11 Å². The molecule has 1 aromatic rings. The Kier molecular flexibility index (Phi) is 4.25. The van der Waals surface area contributed by atoms with Crippen LogP contribution in [0.25, 0.3) is 0 Å². The average molecular weight is 228 g/mol. The van der Waals surface area contributed by atoms with Crippen molar-refractivity contribution in [1.29, 1.82) is 0 Å². The predicted molar refractivity (Wildman–Crippen MR) is 52.0 cm³/mol. The van der Waals surface area contributed by atoms with E-state index in [0.29, 0.717) is 19.7 Å². The van der Waals surface area contributed by atoms with Crippen molar-refractivity contribution in [2.45, 2.75) is 13.5 Å². The van der Waals surface area contributed by atoms with Gasteiger partial charge in [-0.1, -0.05) is 5.21 Å². The number of carbonyl (C=O) groups is 2. The number of rotatable bonds is 5. The highest BCUT2D eigenvalue weighted by Crippen LogP contribution is 1.91. The zero-order valence-corrected chi connectivity index (χ0v) is 8.71. The first-order chi connectivity index (χ1) is 7.63. The predicted octanol–water partition coefficient (Wildman–Crippen LogP) is -0.278. The van der Waals surface area contributed by atoms with Crippen LogP contribution in [-0.2, 0) is 11.3 Å². The summed E-state index contributed by atoms with van der Waals surface area (Å²) in [4.78, 5) is 21.3. The first kappa shape index (κ1) is 12.0. The summed E-state index contributed by atoms with van der Waals surface area (Å²) in [6.45, 7) is 2.63. The van der Waals surface area contributed by atoms with Crippen molar-refractivity contribution in [3.63, 3.8) is 0 Å². The molecule has 16 heavy (non-hydrogen) atoms. The molecule has 0 atom stereocenters. The lowest BCUT2D eigenvalue weighted by molar-refractivity contribution is 0.0690. The second kappa shape index (κ2) is 5.69. The molecule has 1 aromatic heterocycles. The molecule has 1 heterocycles. The molecule has 0 unspecified atom stereocenters. The fraction of sp³-hybridized carbons (Fsp3) is 0.500. The Morgan fingerprint density at radius 3 is 2.94 bits per heavy atom. The molecule has 0 radical (unpaired) electrons. The quantitative estimate of drug-likeness (QED) is 0.718. The van der Waals surface area contributed by atoms with Gasteiger partial charge in [-0.15, -0.1) is 5.10 Å². The Morgan fingerprint density at radius 2 is 2.38 bits per heavy atom. The Morgan fingerprint density at radius 1 is 1.62 bits per heavy atom. The summed E-state index contributed by atoms with van der Waals surface area (Å²) in [5, 5.41) is 18.0. The number of carboxylic acid groups (broad SMARTS) is 1. The number of aromatic nitrogens is 3. The summed E-state index contributed by atoms with van der Waals surface area (Å²) < 4.78 is 5.96. The molecule has 0 saturated heterocycles. The number of nitrogens with zero attached hydrogens (tertiary/aromatic N) is 3. The van der Waals surface area contributed by atoms with E-state index in [2.05, 4.69) is 20.4 Å². The molecule has 0 spiro atoms. The van der Waals surface area contributed by atoms with Gasteiger partial charge in [-0.3, -0.25) is 0 Å². The van der Waals surface area contributed by atoms with E-state index in [9.17, 15) is 9.59 Å². The molecular weight excluding hydrogens is 216 g/mol. The highest BCUT2D eigenvalue weighted by Gasteiger charge is 2.07. The lowest BCUT2D eigenvalue weighted by Gasteiger charge is -2.04. The van der Waals surface area contributed by atoms with Gasteiger partial charge < -0.3 is 15.2 Å². The van der Waals surface area contributed by atoms with Crippen LogP contribution in [-0.4, -0.2) is 45.3 Å². The first-order valence-corrected chi connectivity index (χ1v) is 4.67. The standard InChI is InChI=1S/C8H12N4O4/c1-2-16-8(15)9-3-4-12-5-6(7(13)14)10-11-12/h5H,2-4H2,1H3,(H,9,15)(H,13,14). The zero-order valence-electron chi connectivity index (χ0n) is 8.71. The van der Waals surface area contributed by atoms with E-state index in [-0.39, 0.29) is 5.69 Å². The van der Waals surface area contributed by atoms with Gasteiger partial charge in [0.1, 0.15) is 0 Å². The average Bonchev–Trinajstić information content (AvgIpc) is 2.67. The van der Waals surface area contributed by atoms with Crippen molar-refractivity contribution in [2.75, 3.05) is 13.2 Å². The van der Waals surface area contributed by atoms with Crippen LogP contribution in [0.1, 0.15) is 17.4 Å². The van der Waals surface area contributed by atoms with Gasteiger partial charge >= 0.3 is 12.1 Å². The summed E-state index contributed by atoms with van der Waals surface area (Å²) in [6, 6.07) is 0. The number of ether oxygens (including phenoxy) is 1. The van der Waals surface area contributed by atoms with E-state index >= 15 is 0 Å². The number of carbonyl (C=O) groups excluding carboxylic acids is 1. The van der Waals surface area contributed by atoms with Gasteiger partial charge in [-0.2, -0.15) is 0 Å². The lowest BCUT2D eigenvalue weighted by Crippen LogP contribution is -2.28. The highest BCUT2D eigenvalue weighted by molar-refractivity contribution is 5.84. The SMILES string of the molecule is CCOC(=O)NCCn1cc(C(=O)O)nn1. The molecule has 1 amide bonds. The summed E-state index contributed by atoms with van der Waals surface area (Å²) in [5.74, 6) is -1.13. The third-order valence-corrected chi connectivity index (χ3v) is 1.64. The molecular formula is C8H12N4O4. The number of aromatic carboxylic acids is 1. The third-order valence-electron chi connectivity index (χ3n) is 1.64. The molecule has 2 N–H and O–H groups in total. The van der Waals surface area contributed by atoms with E-state index in [1.165, 1.54) is 10.9 Å². The van der Waals surface area contributed by atoms with Crippen LogP contribution in [0, 0.1) is 0 Å². The molecule has 0 aliphatic carbocycles. The second-order valence-electron chi connectivity index (χ2n) is 2.82. The molecule has 0 aliphatic rings. The van der Waals surface area contributed by atoms with Gasteiger partial charge in [0.15, 0.2) is 5.69 Å². The minimum absolute atomic E-state index is 0.129. The number of hydrogen-bond acceptors (Lipinski definition) is 5. The van der Waals surface area contributed by atoms with Crippen LogP contribution in [0.4, 0.5) is 4.79 Å². The Hall–Kier alpha value is -2.12. The van der Waals surface area contributed by atoms with E-state index in [1.54, 1.807) is 6.92 Å². The fourth-order valence-corrected chi connectivity index (χ4v) is 0.960. The number of amides is 1. The van der Waals surface area contributed by atoms with Crippen molar-refractivity contribution in [1.82, 2.24) is 20.3 Å². The molecule has 0 bridgehead atoms. The van der Waals surface area contributed by atoms with Gasteiger partial charge in [0, 0.05) is 6.54 Å². The highest BCUT2D eigenvalue weighted by atomic mass is 16.5. The summed E-state index contributed by atoms with van der Waals surface area (Å²) in [6.07, 6.45) is 0.774. The summed E-state index contributed by atoms with van der Waals surface area (Å²) >= 11 is 0. The maximum atomic E-state index is 10.9. The minimum atomic E-state index is -1.13. The van der Waals surface area contributed by atoms with Crippen LogP contribution in [0.15, 0.2) is 6.20 Å². The van der Waals surface area contributed by atoms with Crippen LogP contribution in [0.2, 0.25) is 0 Å². The van der Waals surface area contributed by atoms with Crippen LogP contribution < -0.4 is 5.32 Å². The summed E-state index contributed by atoms with van der Waals surface area (Å²) in [5.41, 5.74) is -0.129. The lowest BCUT2D eigenvalue weighted by atomic mass is 10.5. The Balaban J connectivity index is 2.32. The normalized spacial score (nSPS) is 9.81. The van der Waals surface area contributed by atoms with Gasteiger partial charge in [0.25, 0.3) is 0 Å². The molecule has 8 heteroatoms. The van der Waals surface area contributed by atoms with Crippen molar-refractivity contribution < 1.29 is 19.4 Å². The van der Waals surface area contributed by atoms with Gasteiger partial charge in [-0.05, 0) is 6.92 Å². The smallest absolute Gasteiger partial charge is 0.407 e. The van der Waals surface area contributed by atoms with Crippen LogP contribution >= 0.6 is 0 Å². The molecule has 8 nitrogen and oxygen atoms in total. The van der Waals surface area contributed by atoms with Gasteiger partial charge in [-0.25, -0.2) is 14.3 Å². The molecule has 0 saturated carbocycles. The maximum absolute atomic E-state index is 10.9. The number of hydrogen-bond donors (Lipinski definition) is 2. The summed E-state index contributed by atoms with van der Waals surface area (Å²) in [7, 11) is 0. The molecule has 88 valence electrons. The van der Waals surface area contributed by atoms with Crippen LogP contribution in [0.3, 0.4) is 0 Å². The molecule has 1 rings (SSSR count). The largest absolute Gasteiger partial charge is 0.476 e.